The minimum absolute atomic E-state index is 0.0278. The number of carbonyl (C=O) groups is 2. The second kappa shape index (κ2) is 6.36. The molecular weight excluding hydrogens is 333 g/mol. The summed E-state index contributed by atoms with van der Waals surface area (Å²) in [7, 11) is 0. The lowest BCUT2D eigenvalue weighted by molar-refractivity contribution is -0.125. The number of nitrogens with zero attached hydrogens (tertiary/aromatic N) is 3. The molecule has 9 nitrogen and oxygen atoms in total. The average molecular weight is 351 g/mol. The number of anilines is 1. The van der Waals surface area contributed by atoms with E-state index in [0.717, 1.165) is 0 Å². The van der Waals surface area contributed by atoms with Crippen molar-refractivity contribution >= 4 is 28.8 Å². The van der Waals surface area contributed by atoms with E-state index in [0.29, 0.717) is 6.42 Å². The molecule has 2 N–H and O–H groups in total. The van der Waals surface area contributed by atoms with Gasteiger partial charge < -0.3 is 4.74 Å². The fourth-order valence-electron chi connectivity index (χ4n) is 2.56. The van der Waals surface area contributed by atoms with Gasteiger partial charge in [0.2, 0.25) is 18.0 Å². The van der Waals surface area contributed by atoms with Crippen molar-refractivity contribution in [2.75, 3.05) is 5.32 Å². The predicted octanol–water partition coefficient (Wildman–Crippen LogP) is 0.929. The van der Waals surface area contributed by atoms with Gasteiger partial charge in [-0.1, -0.05) is 20.8 Å². The topological polar surface area (TPSA) is 119 Å². The molecule has 2 aromatic heterocycles. The fraction of sp³-hybridized carbons (Fsp3) is 0.533. The molecule has 1 fully saturated rings. The highest BCUT2D eigenvalue weighted by atomic mass is 19.1. The molecule has 0 spiro atoms. The van der Waals surface area contributed by atoms with Gasteiger partial charge in [-0.2, -0.15) is 4.98 Å². The summed E-state index contributed by atoms with van der Waals surface area (Å²) >= 11 is 0. The lowest BCUT2D eigenvalue weighted by atomic mass is 10.1. The van der Waals surface area contributed by atoms with Crippen molar-refractivity contribution in [3.8, 4) is 0 Å². The van der Waals surface area contributed by atoms with E-state index < -0.39 is 29.8 Å². The number of amides is 1. The minimum atomic E-state index is -1.88. The van der Waals surface area contributed by atoms with Crippen molar-refractivity contribution in [2.45, 2.75) is 45.7 Å². The van der Waals surface area contributed by atoms with Crippen LogP contribution in [0, 0.1) is 5.92 Å². The van der Waals surface area contributed by atoms with E-state index in [2.05, 4.69) is 20.3 Å². The Morgan fingerprint density at radius 1 is 1.48 bits per heavy atom. The monoisotopic (exact) mass is 351 g/mol. The number of hydrogen-bond acceptors (Lipinski definition) is 6. The van der Waals surface area contributed by atoms with Crippen LogP contribution in [0.25, 0.3) is 11.2 Å². The lowest BCUT2D eigenvalue weighted by Crippen LogP contribution is -2.24. The third-order valence-corrected chi connectivity index (χ3v) is 3.99. The second-order valence-corrected chi connectivity index (χ2v) is 6.11. The van der Waals surface area contributed by atoms with Crippen LogP contribution in [0.2, 0.25) is 0 Å². The standard InChI is InChI=1S/C15H18FN5O4/c1-4-7-10(22)8(16)14(25-7)21-5-17-9-11(21)18-15(20-13(9)24)19-12(23)6(2)3/h5-8,14H,4H2,1-3H3,(H2,18,19,20,23,24)/t7-,8-,14-/m1/s1. The first-order valence-electron chi connectivity index (χ1n) is 7.94. The molecule has 0 aliphatic carbocycles. The van der Waals surface area contributed by atoms with Crippen LogP contribution in [0.3, 0.4) is 0 Å². The zero-order valence-corrected chi connectivity index (χ0v) is 13.9. The molecule has 1 aliphatic heterocycles. The lowest BCUT2D eigenvalue weighted by Gasteiger charge is -2.14. The van der Waals surface area contributed by atoms with Crippen molar-refractivity contribution in [3.05, 3.63) is 16.7 Å². The zero-order valence-electron chi connectivity index (χ0n) is 13.9. The first-order chi connectivity index (χ1) is 11.8. The minimum Gasteiger partial charge on any atom is -0.343 e. The predicted molar refractivity (Wildman–Crippen MR) is 85.7 cm³/mol. The maximum absolute atomic E-state index is 14.3. The summed E-state index contributed by atoms with van der Waals surface area (Å²) in [6.45, 7) is 5.09. The molecule has 134 valence electrons. The summed E-state index contributed by atoms with van der Waals surface area (Å²) in [5.41, 5.74) is -0.597. The molecule has 3 atom stereocenters. The molecule has 25 heavy (non-hydrogen) atoms. The SMILES string of the molecule is CC[C@H]1O[C@@H](n2cnc3c(=O)[nH]c(NC(=O)C(C)C)nc32)[C@H](F)C1=O. The number of ether oxygens (including phenoxy) is 1. The van der Waals surface area contributed by atoms with Gasteiger partial charge in [0, 0.05) is 5.92 Å². The number of imidazole rings is 1. The number of nitrogens with one attached hydrogen (secondary N) is 2. The highest BCUT2D eigenvalue weighted by Gasteiger charge is 2.44. The van der Waals surface area contributed by atoms with E-state index in [-0.39, 0.29) is 28.9 Å². The van der Waals surface area contributed by atoms with Crippen molar-refractivity contribution < 1.29 is 18.7 Å². The van der Waals surface area contributed by atoms with E-state index in [4.69, 9.17) is 4.74 Å². The number of hydrogen-bond donors (Lipinski definition) is 2. The van der Waals surface area contributed by atoms with Gasteiger partial charge in [0.15, 0.2) is 23.2 Å². The van der Waals surface area contributed by atoms with E-state index in [1.54, 1.807) is 20.8 Å². The normalized spacial score (nSPS) is 23.6. The Morgan fingerprint density at radius 3 is 2.80 bits per heavy atom. The Balaban J connectivity index is 2.03. The Kier molecular flexibility index (Phi) is 4.38. The van der Waals surface area contributed by atoms with Gasteiger partial charge in [-0.05, 0) is 6.42 Å². The number of aromatic nitrogens is 4. The number of rotatable bonds is 4. The molecule has 3 rings (SSSR count). The molecule has 0 aromatic carbocycles. The molecule has 1 saturated heterocycles. The zero-order chi connectivity index (χ0) is 18.3. The van der Waals surface area contributed by atoms with Crippen LogP contribution in [0.4, 0.5) is 10.3 Å². The van der Waals surface area contributed by atoms with Crippen molar-refractivity contribution in [1.82, 2.24) is 19.5 Å². The Labute approximate surface area is 141 Å². The molecule has 3 heterocycles. The number of ketones is 1. The number of carbonyl (C=O) groups excluding carboxylic acids is 2. The maximum Gasteiger partial charge on any atom is 0.280 e. The Morgan fingerprint density at radius 2 is 2.20 bits per heavy atom. The molecule has 0 saturated carbocycles. The van der Waals surface area contributed by atoms with Crippen LogP contribution in [0.15, 0.2) is 11.1 Å². The summed E-state index contributed by atoms with van der Waals surface area (Å²) < 4.78 is 21.0. The highest BCUT2D eigenvalue weighted by Crippen LogP contribution is 2.31. The third kappa shape index (κ3) is 2.93. The summed E-state index contributed by atoms with van der Waals surface area (Å²) in [5.74, 6) is -1.38. The fourth-order valence-corrected chi connectivity index (χ4v) is 2.56. The average Bonchev–Trinajstić information content (AvgIpc) is 3.10. The molecule has 2 aromatic rings. The number of fused-ring (bicyclic) bond motifs is 1. The summed E-state index contributed by atoms with van der Waals surface area (Å²) in [5, 5.41) is 2.47. The molecule has 0 bridgehead atoms. The largest absolute Gasteiger partial charge is 0.343 e. The molecule has 1 amide bonds. The van der Waals surface area contributed by atoms with Gasteiger partial charge >= 0.3 is 0 Å². The maximum atomic E-state index is 14.3. The summed E-state index contributed by atoms with van der Waals surface area (Å²) in [4.78, 5) is 46.2. The highest BCUT2D eigenvalue weighted by molar-refractivity contribution is 5.91. The van der Waals surface area contributed by atoms with E-state index in [9.17, 15) is 18.8 Å². The van der Waals surface area contributed by atoms with E-state index >= 15 is 0 Å². The summed E-state index contributed by atoms with van der Waals surface area (Å²) in [6, 6.07) is 0. The Bertz CT molecular complexity index is 890. The van der Waals surface area contributed by atoms with Crippen LogP contribution in [0.1, 0.15) is 33.4 Å². The molecule has 1 aliphatic rings. The van der Waals surface area contributed by atoms with Crippen molar-refractivity contribution in [3.63, 3.8) is 0 Å². The molecule has 0 unspecified atom stereocenters. The first kappa shape index (κ1) is 17.2. The van der Waals surface area contributed by atoms with Gasteiger partial charge in [-0.3, -0.25) is 29.3 Å². The first-order valence-corrected chi connectivity index (χ1v) is 7.94. The number of aromatic amines is 1. The van der Waals surface area contributed by atoms with Crippen LogP contribution >= 0.6 is 0 Å². The number of H-pyrrole nitrogens is 1. The molecular formula is C15H18FN5O4. The number of halogens is 1. The smallest absolute Gasteiger partial charge is 0.280 e. The van der Waals surface area contributed by atoms with Gasteiger partial charge in [0.05, 0.1) is 6.33 Å². The van der Waals surface area contributed by atoms with Crippen LogP contribution in [0.5, 0.6) is 0 Å². The van der Waals surface area contributed by atoms with Gasteiger partial charge in [-0.15, -0.1) is 0 Å². The number of alkyl halides is 1. The number of Topliss-reactive ketones (excluding diaryl/α,β-unsaturated/α-hetero) is 1. The van der Waals surface area contributed by atoms with Crippen molar-refractivity contribution in [2.24, 2.45) is 5.92 Å². The quantitative estimate of drug-likeness (QED) is 0.846. The van der Waals surface area contributed by atoms with E-state index in [1.807, 2.05) is 0 Å². The van der Waals surface area contributed by atoms with Gasteiger partial charge in [-0.25, -0.2) is 9.37 Å². The molecule has 0 radical (unpaired) electrons. The van der Waals surface area contributed by atoms with E-state index in [1.165, 1.54) is 10.9 Å². The van der Waals surface area contributed by atoms with Crippen LogP contribution < -0.4 is 10.9 Å². The van der Waals surface area contributed by atoms with Gasteiger partial charge in [0.25, 0.3) is 5.56 Å². The van der Waals surface area contributed by atoms with Crippen LogP contribution in [-0.2, 0) is 14.3 Å². The third-order valence-electron chi connectivity index (χ3n) is 3.99. The van der Waals surface area contributed by atoms with Crippen LogP contribution in [-0.4, -0.2) is 43.5 Å². The van der Waals surface area contributed by atoms with Gasteiger partial charge in [0.1, 0.15) is 6.10 Å². The molecule has 10 heteroatoms. The summed E-state index contributed by atoms with van der Waals surface area (Å²) in [6.07, 6.45) is -2.43. The van der Waals surface area contributed by atoms with Crippen molar-refractivity contribution in [1.29, 1.82) is 0 Å². The Hall–Kier alpha value is -2.62. The second-order valence-electron chi connectivity index (χ2n) is 6.11.